The molecule has 2 aromatic rings. The van der Waals surface area contributed by atoms with E-state index in [4.69, 9.17) is 16.3 Å². The summed E-state index contributed by atoms with van der Waals surface area (Å²) in [6.45, 7) is 10.8. The fraction of sp³-hybridized carbons (Fsp3) is 0.435. The fourth-order valence-corrected chi connectivity index (χ4v) is 3.91. The van der Waals surface area contributed by atoms with Crippen LogP contribution in [0.3, 0.4) is 0 Å². The number of carbonyl (C=O) groups excluding carboxylic acids is 1. The van der Waals surface area contributed by atoms with E-state index < -0.39 is 11.7 Å². The van der Waals surface area contributed by atoms with E-state index in [9.17, 15) is 4.79 Å². The lowest BCUT2D eigenvalue weighted by Gasteiger charge is -2.41. The summed E-state index contributed by atoms with van der Waals surface area (Å²) in [5.74, 6) is 0. The predicted molar refractivity (Wildman–Crippen MR) is 116 cm³/mol. The Bertz CT molecular complexity index is 913. The highest BCUT2D eigenvalue weighted by molar-refractivity contribution is 6.31. The predicted octanol–water partition coefficient (Wildman–Crippen LogP) is 6.11. The number of hydrogen-bond donors (Lipinski definition) is 0. The summed E-state index contributed by atoms with van der Waals surface area (Å²) in [5.41, 5.74) is 4.13. The molecule has 0 saturated heterocycles. The fourth-order valence-electron chi connectivity index (χ4n) is 3.74. The molecule has 1 amide bonds. The molecule has 1 heterocycles. The molecule has 0 saturated carbocycles. The first-order chi connectivity index (χ1) is 12.9. The zero-order chi connectivity index (χ0) is 20.9. The van der Waals surface area contributed by atoms with Crippen molar-refractivity contribution in [3.8, 4) is 0 Å². The highest BCUT2D eigenvalue weighted by Gasteiger charge is 2.40. The van der Waals surface area contributed by atoms with Crippen molar-refractivity contribution in [1.29, 1.82) is 0 Å². The minimum Gasteiger partial charge on any atom is -0.443 e. The summed E-state index contributed by atoms with van der Waals surface area (Å²) in [7, 11) is 4.10. The Morgan fingerprint density at radius 1 is 1.07 bits per heavy atom. The van der Waals surface area contributed by atoms with Crippen LogP contribution in [0.25, 0.3) is 0 Å². The van der Waals surface area contributed by atoms with E-state index >= 15 is 0 Å². The SMILES string of the molecule is CN(C)Cc1ccc2c(c1)C(C)(C)c1ccc(Cl)cc1N2C(=O)OC(C)(C)C. The molecular weight excluding hydrogens is 372 g/mol. The molecule has 28 heavy (non-hydrogen) atoms. The monoisotopic (exact) mass is 400 g/mol. The molecule has 150 valence electrons. The summed E-state index contributed by atoms with van der Waals surface area (Å²) >= 11 is 6.30. The van der Waals surface area contributed by atoms with E-state index in [1.165, 1.54) is 5.56 Å². The number of carbonyl (C=O) groups is 1. The van der Waals surface area contributed by atoms with Gasteiger partial charge in [0, 0.05) is 17.0 Å². The number of rotatable bonds is 2. The summed E-state index contributed by atoms with van der Waals surface area (Å²) in [5, 5.41) is 0.593. The van der Waals surface area contributed by atoms with Gasteiger partial charge in [-0.1, -0.05) is 43.6 Å². The first kappa shape index (κ1) is 20.7. The number of ether oxygens (including phenoxy) is 1. The maximum Gasteiger partial charge on any atom is 0.419 e. The third-order valence-electron chi connectivity index (χ3n) is 4.92. The smallest absolute Gasteiger partial charge is 0.419 e. The molecule has 2 aromatic carbocycles. The van der Waals surface area contributed by atoms with E-state index in [1.54, 1.807) is 4.90 Å². The van der Waals surface area contributed by atoms with Crippen molar-refractivity contribution in [1.82, 2.24) is 4.90 Å². The molecular formula is C23H29ClN2O2. The summed E-state index contributed by atoms with van der Waals surface area (Å²) in [6.07, 6.45) is -0.395. The molecule has 0 aliphatic carbocycles. The number of nitrogens with zero attached hydrogens (tertiary/aromatic N) is 2. The largest absolute Gasteiger partial charge is 0.443 e. The second kappa shape index (κ2) is 7.09. The van der Waals surface area contributed by atoms with Gasteiger partial charge in [0.1, 0.15) is 5.60 Å². The Labute approximate surface area is 173 Å². The third kappa shape index (κ3) is 3.89. The Balaban J connectivity index is 2.21. The quantitative estimate of drug-likeness (QED) is 0.609. The highest BCUT2D eigenvalue weighted by atomic mass is 35.5. The average Bonchev–Trinajstić information content (AvgIpc) is 2.53. The second-order valence-electron chi connectivity index (χ2n) is 9.19. The van der Waals surface area contributed by atoms with Crippen molar-refractivity contribution in [2.75, 3.05) is 19.0 Å². The molecule has 0 fully saturated rings. The molecule has 0 bridgehead atoms. The van der Waals surface area contributed by atoms with Gasteiger partial charge in [-0.2, -0.15) is 0 Å². The van der Waals surface area contributed by atoms with Crippen LogP contribution in [0.1, 0.15) is 51.3 Å². The van der Waals surface area contributed by atoms with Crippen LogP contribution in [0.4, 0.5) is 16.2 Å². The molecule has 3 rings (SSSR count). The molecule has 0 N–H and O–H groups in total. The molecule has 1 aliphatic heterocycles. The van der Waals surface area contributed by atoms with Gasteiger partial charge in [0.2, 0.25) is 0 Å². The van der Waals surface area contributed by atoms with Gasteiger partial charge in [0.25, 0.3) is 0 Å². The molecule has 0 spiro atoms. The van der Waals surface area contributed by atoms with Gasteiger partial charge >= 0.3 is 6.09 Å². The summed E-state index contributed by atoms with van der Waals surface area (Å²) in [6, 6.07) is 12.0. The van der Waals surface area contributed by atoms with Gasteiger partial charge in [0.05, 0.1) is 11.4 Å². The molecule has 4 nitrogen and oxygen atoms in total. The van der Waals surface area contributed by atoms with E-state index in [1.807, 2.05) is 45.0 Å². The van der Waals surface area contributed by atoms with E-state index in [-0.39, 0.29) is 5.41 Å². The molecule has 0 unspecified atom stereocenters. The lowest BCUT2D eigenvalue weighted by Crippen LogP contribution is -2.39. The van der Waals surface area contributed by atoms with Gasteiger partial charge in [-0.3, -0.25) is 0 Å². The molecule has 0 radical (unpaired) electrons. The van der Waals surface area contributed by atoms with Crippen molar-refractivity contribution in [2.45, 2.75) is 52.2 Å². The van der Waals surface area contributed by atoms with Crippen molar-refractivity contribution >= 4 is 29.1 Å². The van der Waals surface area contributed by atoms with Crippen LogP contribution >= 0.6 is 11.6 Å². The Hall–Kier alpha value is -2.04. The van der Waals surface area contributed by atoms with Crippen LogP contribution in [0, 0.1) is 0 Å². The Morgan fingerprint density at radius 3 is 2.36 bits per heavy atom. The van der Waals surface area contributed by atoms with Crippen LogP contribution in [0.15, 0.2) is 36.4 Å². The van der Waals surface area contributed by atoms with Gasteiger partial charge in [0.15, 0.2) is 0 Å². The highest BCUT2D eigenvalue weighted by Crippen LogP contribution is 2.50. The van der Waals surface area contributed by atoms with Crippen molar-refractivity contribution in [2.24, 2.45) is 0 Å². The van der Waals surface area contributed by atoms with Crippen LogP contribution in [-0.4, -0.2) is 30.7 Å². The first-order valence-electron chi connectivity index (χ1n) is 9.51. The van der Waals surface area contributed by atoms with Gasteiger partial charge in [-0.05, 0) is 69.8 Å². The van der Waals surface area contributed by atoms with Crippen molar-refractivity contribution in [3.63, 3.8) is 0 Å². The summed E-state index contributed by atoms with van der Waals surface area (Å²) in [4.78, 5) is 17.0. The molecule has 1 aliphatic rings. The van der Waals surface area contributed by atoms with Crippen LogP contribution in [0.2, 0.25) is 5.02 Å². The number of hydrogen-bond acceptors (Lipinski definition) is 3. The van der Waals surface area contributed by atoms with Crippen molar-refractivity contribution < 1.29 is 9.53 Å². The number of halogens is 1. The minimum atomic E-state index is -0.589. The van der Waals surface area contributed by atoms with Gasteiger partial charge in [-0.15, -0.1) is 0 Å². The average molecular weight is 401 g/mol. The zero-order valence-electron chi connectivity index (χ0n) is 17.8. The summed E-state index contributed by atoms with van der Waals surface area (Å²) < 4.78 is 5.73. The lowest BCUT2D eigenvalue weighted by molar-refractivity contribution is 0.0597. The van der Waals surface area contributed by atoms with Crippen LogP contribution in [-0.2, 0) is 16.7 Å². The second-order valence-corrected chi connectivity index (χ2v) is 9.63. The van der Waals surface area contributed by atoms with E-state index in [0.717, 1.165) is 29.0 Å². The minimum absolute atomic E-state index is 0.268. The number of benzene rings is 2. The lowest BCUT2D eigenvalue weighted by atomic mass is 9.73. The topological polar surface area (TPSA) is 32.8 Å². The van der Waals surface area contributed by atoms with E-state index in [0.29, 0.717) is 5.02 Å². The van der Waals surface area contributed by atoms with Crippen LogP contribution in [0.5, 0.6) is 0 Å². The number of amides is 1. The standard InChI is InChI=1S/C23H29ClN2O2/c1-22(2,3)28-21(27)26-19-11-8-15(14-25(6)7)12-18(19)23(4,5)17-10-9-16(24)13-20(17)26/h8-13H,14H2,1-7H3. The number of fused-ring (bicyclic) bond motifs is 2. The van der Waals surface area contributed by atoms with Crippen molar-refractivity contribution in [3.05, 3.63) is 58.1 Å². The third-order valence-corrected chi connectivity index (χ3v) is 5.16. The molecule has 0 atom stereocenters. The Kier molecular flexibility index (Phi) is 5.24. The van der Waals surface area contributed by atoms with Gasteiger partial charge in [-0.25, -0.2) is 9.69 Å². The normalized spacial score (nSPS) is 15.2. The first-order valence-corrected chi connectivity index (χ1v) is 9.89. The van der Waals surface area contributed by atoms with Gasteiger partial charge < -0.3 is 9.64 Å². The van der Waals surface area contributed by atoms with Crippen LogP contribution < -0.4 is 4.90 Å². The zero-order valence-corrected chi connectivity index (χ0v) is 18.5. The number of anilines is 2. The molecule has 5 heteroatoms. The maximum absolute atomic E-state index is 13.2. The van der Waals surface area contributed by atoms with E-state index in [2.05, 4.69) is 45.0 Å². The Morgan fingerprint density at radius 2 is 1.75 bits per heavy atom. The maximum atomic E-state index is 13.2. The molecule has 0 aromatic heterocycles.